The Labute approximate surface area is 216 Å². The van der Waals surface area contributed by atoms with Gasteiger partial charge < -0.3 is 24.3 Å². The number of halogens is 1. The minimum Gasteiger partial charge on any atom is -0.383 e. The average Bonchev–Trinajstić information content (AvgIpc) is 3.43. The summed E-state index contributed by atoms with van der Waals surface area (Å²) < 4.78 is 12.7. The van der Waals surface area contributed by atoms with Crippen LogP contribution in [0.25, 0.3) is 0 Å². The van der Waals surface area contributed by atoms with Crippen molar-refractivity contribution in [1.29, 1.82) is 0 Å². The lowest BCUT2D eigenvalue weighted by Crippen LogP contribution is -2.48. The fourth-order valence-corrected chi connectivity index (χ4v) is 5.75. The molecule has 2 aromatic carbocycles. The second-order valence-electron chi connectivity index (χ2n) is 9.75. The third kappa shape index (κ3) is 4.22. The summed E-state index contributed by atoms with van der Waals surface area (Å²) in [6.45, 7) is 3.84. The summed E-state index contributed by atoms with van der Waals surface area (Å²) in [6.07, 6.45) is 3.53. The second kappa shape index (κ2) is 9.94. The molecule has 1 N–H and O–H groups in total. The molecule has 9 heteroatoms. The maximum absolute atomic E-state index is 13.6. The van der Waals surface area contributed by atoms with Gasteiger partial charge in [-0.2, -0.15) is 0 Å². The summed E-state index contributed by atoms with van der Waals surface area (Å²) in [5, 5.41) is 12.6. The van der Waals surface area contributed by atoms with E-state index < -0.39 is 0 Å². The summed E-state index contributed by atoms with van der Waals surface area (Å²) >= 11 is 6.69. The molecule has 1 amide bonds. The number of rotatable bonds is 9. The van der Waals surface area contributed by atoms with Crippen LogP contribution in [0.2, 0.25) is 5.02 Å². The quantitative estimate of drug-likeness (QED) is 0.439. The fourth-order valence-electron chi connectivity index (χ4n) is 5.46. The first-order valence-electron chi connectivity index (χ1n) is 12.2. The highest BCUT2D eigenvalue weighted by molar-refractivity contribution is 6.32. The molecule has 190 valence electrons. The Kier molecular flexibility index (Phi) is 6.87. The van der Waals surface area contributed by atoms with Crippen LogP contribution in [0.5, 0.6) is 0 Å². The van der Waals surface area contributed by atoms with Crippen LogP contribution >= 0.6 is 11.6 Å². The van der Waals surface area contributed by atoms with Crippen LogP contribution < -0.4 is 10.2 Å². The van der Waals surface area contributed by atoms with Crippen molar-refractivity contribution in [3.8, 4) is 0 Å². The van der Waals surface area contributed by atoms with Crippen molar-refractivity contribution in [2.75, 3.05) is 32.3 Å². The SMILES string of the molecule is COCCN[C@@H](C)c1cc(Cl)c2c(c1)C(=O)N(c1cccc(C3(c4nncn4C)CC(OC)C3)c1)C2. The Bertz CT molecular complexity index is 1270. The van der Waals surface area contributed by atoms with Gasteiger partial charge >= 0.3 is 0 Å². The molecule has 1 aliphatic carbocycles. The zero-order valence-corrected chi connectivity index (χ0v) is 21.9. The number of fused-ring (bicyclic) bond motifs is 1. The van der Waals surface area contributed by atoms with E-state index in [1.165, 1.54) is 0 Å². The number of methoxy groups -OCH3 is 2. The Hall–Kier alpha value is -2.78. The zero-order valence-electron chi connectivity index (χ0n) is 21.1. The highest BCUT2D eigenvalue weighted by Gasteiger charge is 2.50. The average molecular weight is 510 g/mol. The molecule has 1 atom stereocenters. The van der Waals surface area contributed by atoms with Crippen LogP contribution in [0.15, 0.2) is 42.7 Å². The molecule has 36 heavy (non-hydrogen) atoms. The van der Waals surface area contributed by atoms with Crippen LogP contribution in [-0.2, 0) is 28.5 Å². The van der Waals surface area contributed by atoms with E-state index in [4.69, 9.17) is 21.1 Å². The van der Waals surface area contributed by atoms with Gasteiger partial charge in [0.15, 0.2) is 0 Å². The Morgan fingerprint density at radius 2 is 2.06 bits per heavy atom. The summed E-state index contributed by atoms with van der Waals surface area (Å²) in [4.78, 5) is 15.4. The van der Waals surface area contributed by atoms with Gasteiger partial charge in [-0.05, 0) is 55.2 Å². The third-order valence-electron chi connectivity index (χ3n) is 7.60. The minimum atomic E-state index is -0.300. The van der Waals surface area contributed by atoms with Crippen molar-refractivity contribution < 1.29 is 14.3 Å². The third-order valence-corrected chi connectivity index (χ3v) is 7.94. The molecule has 0 saturated heterocycles. The number of hydrogen-bond donors (Lipinski definition) is 1. The Morgan fingerprint density at radius 3 is 2.75 bits per heavy atom. The first-order chi connectivity index (χ1) is 17.4. The van der Waals surface area contributed by atoms with E-state index in [-0.39, 0.29) is 23.5 Å². The molecule has 1 aromatic heterocycles. The number of aryl methyl sites for hydroxylation is 1. The number of ether oxygens (including phenoxy) is 2. The maximum Gasteiger partial charge on any atom is 0.258 e. The van der Waals surface area contributed by atoms with E-state index in [1.807, 2.05) is 40.8 Å². The van der Waals surface area contributed by atoms with E-state index in [0.29, 0.717) is 23.7 Å². The standard InChI is InChI=1S/C27H32ClN5O3/c1-17(29-8-9-35-3)18-10-22-23(24(28)11-18)15-33(25(22)34)20-7-5-6-19(12-20)27(13-21(14-27)36-4)26-31-30-16-32(26)2/h5-7,10-12,16-17,21,29H,8-9,13-15H2,1-4H3/t17-,21?,27?/m0/s1. The Balaban J connectivity index is 1.44. The molecule has 1 saturated carbocycles. The van der Waals surface area contributed by atoms with Crippen LogP contribution in [0, 0.1) is 0 Å². The van der Waals surface area contributed by atoms with Gasteiger partial charge in [-0.3, -0.25) is 4.79 Å². The molecule has 0 unspecified atom stereocenters. The van der Waals surface area contributed by atoms with E-state index in [2.05, 4.69) is 34.6 Å². The molecule has 0 spiro atoms. The summed E-state index contributed by atoms with van der Waals surface area (Å²) in [5.41, 5.74) is 4.17. The van der Waals surface area contributed by atoms with Crippen molar-refractivity contribution >= 4 is 23.2 Å². The molecular weight excluding hydrogens is 478 g/mol. The minimum absolute atomic E-state index is 0.0360. The van der Waals surface area contributed by atoms with Crippen molar-refractivity contribution in [3.63, 3.8) is 0 Å². The largest absolute Gasteiger partial charge is 0.383 e. The van der Waals surface area contributed by atoms with Crippen LogP contribution in [-0.4, -0.2) is 54.1 Å². The lowest BCUT2D eigenvalue weighted by atomic mass is 9.62. The first kappa shape index (κ1) is 24.9. The molecule has 0 bridgehead atoms. The van der Waals surface area contributed by atoms with Crippen LogP contribution in [0.4, 0.5) is 5.69 Å². The van der Waals surface area contributed by atoms with E-state index >= 15 is 0 Å². The monoisotopic (exact) mass is 509 g/mol. The van der Waals surface area contributed by atoms with Gasteiger partial charge in [0.05, 0.1) is 24.7 Å². The topological polar surface area (TPSA) is 81.5 Å². The number of carbonyl (C=O) groups excluding carboxylic acids is 1. The number of anilines is 1. The molecule has 5 rings (SSSR count). The van der Waals surface area contributed by atoms with E-state index in [9.17, 15) is 4.79 Å². The van der Waals surface area contributed by atoms with Gasteiger partial charge in [0.1, 0.15) is 12.2 Å². The Morgan fingerprint density at radius 1 is 1.25 bits per heavy atom. The number of benzene rings is 2. The van der Waals surface area contributed by atoms with Gasteiger partial charge in [0.25, 0.3) is 5.91 Å². The lowest BCUT2D eigenvalue weighted by molar-refractivity contribution is -0.00695. The predicted octanol–water partition coefficient (Wildman–Crippen LogP) is 4.02. The van der Waals surface area contributed by atoms with Crippen molar-refractivity contribution in [2.45, 2.75) is 43.9 Å². The van der Waals surface area contributed by atoms with Gasteiger partial charge in [-0.15, -0.1) is 10.2 Å². The summed E-state index contributed by atoms with van der Waals surface area (Å²) in [5.74, 6) is 0.873. The molecule has 1 aliphatic heterocycles. The molecule has 2 aliphatic rings. The highest BCUT2D eigenvalue weighted by Crippen LogP contribution is 2.50. The number of carbonyl (C=O) groups is 1. The number of nitrogens with one attached hydrogen (secondary N) is 1. The lowest BCUT2D eigenvalue weighted by Gasteiger charge is -2.46. The maximum atomic E-state index is 13.6. The summed E-state index contributed by atoms with van der Waals surface area (Å²) in [6, 6.07) is 12.2. The molecule has 0 radical (unpaired) electrons. The van der Waals surface area contributed by atoms with Gasteiger partial charge in [-0.25, -0.2) is 0 Å². The van der Waals surface area contributed by atoms with Gasteiger partial charge in [-0.1, -0.05) is 23.7 Å². The van der Waals surface area contributed by atoms with E-state index in [0.717, 1.165) is 47.6 Å². The highest BCUT2D eigenvalue weighted by atomic mass is 35.5. The number of nitrogens with zero attached hydrogens (tertiary/aromatic N) is 4. The van der Waals surface area contributed by atoms with Crippen LogP contribution in [0.3, 0.4) is 0 Å². The van der Waals surface area contributed by atoms with E-state index in [1.54, 1.807) is 20.5 Å². The normalized spacial score (nSPS) is 22.0. The number of aromatic nitrogens is 3. The van der Waals surface area contributed by atoms with Crippen molar-refractivity contribution in [3.05, 3.63) is 75.8 Å². The summed E-state index contributed by atoms with van der Waals surface area (Å²) in [7, 11) is 5.39. The van der Waals surface area contributed by atoms with Gasteiger partial charge in [0, 0.05) is 55.7 Å². The fraction of sp³-hybridized carbons (Fsp3) is 0.444. The first-order valence-corrected chi connectivity index (χ1v) is 12.6. The van der Waals surface area contributed by atoms with Crippen LogP contribution in [0.1, 0.15) is 58.7 Å². The molecule has 8 nitrogen and oxygen atoms in total. The molecular formula is C27H32ClN5O3. The molecule has 3 aromatic rings. The molecule has 2 heterocycles. The number of amides is 1. The van der Waals surface area contributed by atoms with Crippen molar-refractivity contribution in [2.24, 2.45) is 7.05 Å². The van der Waals surface area contributed by atoms with Gasteiger partial charge in [0.2, 0.25) is 0 Å². The molecule has 1 fully saturated rings. The predicted molar refractivity (Wildman–Crippen MR) is 139 cm³/mol. The number of hydrogen-bond acceptors (Lipinski definition) is 6. The smallest absolute Gasteiger partial charge is 0.258 e. The van der Waals surface area contributed by atoms with Crippen molar-refractivity contribution in [1.82, 2.24) is 20.1 Å². The second-order valence-corrected chi connectivity index (χ2v) is 10.2. The zero-order chi connectivity index (χ0) is 25.4.